The van der Waals surface area contributed by atoms with Crippen molar-refractivity contribution in [1.82, 2.24) is 19.7 Å². The van der Waals surface area contributed by atoms with Gasteiger partial charge in [-0.15, -0.1) is 5.10 Å². The molecule has 0 amide bonds. The summed E-state index contributed by atoms with van der Waals surface area (Å²) >= 11 is 2.67. The van der Waals surface area contributed by atoms with Crippen molar-refractivity contribution >= 4 is 44.1 Å². The number of anilines is 1. The molecule has 0 saturated carbocycles. The highest BCUT2D eigenvalue weighted by molar-refractivity contribution is 9.10. The first-order chi connectivity index (χ1) is 12.0. The van der Waals surface area contributed by atoms with Crippen LogP contribution in [0, 0.1) is 6.92 Å². The van der Waals surface area contributed by atoms with E-state index in [9.17, 15) is 9.35 Å². The van der Waals surface area contributed by atoms with Crippen molar-refractivity contribution in [2.75, 3.05) is 29.5 Å². The van der Waals surface area contributed by atoms with E-state index in [1.165, 1.54) is 0 Å². The maximum absolute atomic E-state index is 12.4. The van der Waals surface area contributed by atoms with Gasteiger partial charge in [0.05, 0.1) is 18.8 Å². The van der Waals surface area contributed by atoms with Gasteiger partial charge >= 0.3 is 0 Å². The van der Waals surface area contributed by atoms with Gasteiger partial charge in [-0.25, -0.2) is 4.68 Å². The molecule has 1 N–H and O–H groups in total. The molecule has 130 valence electrons. The van der Waals surface area contributed by atoms with Crippen molar-refractivity contribution in [3.8, 4) is 5.69 Å². The monoisotopic (exact) mass is 421 g/mol. The van der Waals surface area contributed by atoms with Crippen LogP contribution in [-0.4, -0.2) is 48.9 Å². The second kappa shape index (κ2) is 6.47. The molecular formula is C16H16BrN5O2S. The maximum Gasteiger partial charge on any atom is 0.263 e. The lowest BCUT2D eigenvalue weighted by Gasteiger charge is -2.28. The SMILES string of the molecule is Cc1cc(Br)ccc1-n1cc2c(=O)[nH]c(N3CC[S+]([O-])CC3)nc2n1. The van der Waals surface area contributed by atoms with Crippen molar-refractivity contribution in [2.45, 2.75) is 6.92 Å². The van der Waals surface area contributed by atoms with Crippen LogP contribution in [0.1, 0.15) is 5.56 Å². The Bertz CT molecular complexity index is 994. The van der Waals surface area contributed by atoms with Crippen molar-refractivity contribution < 1.29 is 4.55 Å². The second-order valence-corrected chi connectivity index (χ2v) is 8.58. The molecule has 1 aromatic carbocycles. The van der Waals surface area contributed by atoms with Gasteiger partial charge in [-0.3, -0.25) is 9.78 Å². The summed E-state index contributed by atoms with van der Waals surface area (Å²) in [5.41, 5.74) is 2.13. The summed E-state index contributed by atoms with van der Waals surface area (Å²) in [7, 11) is 0. The van der Waals surface area contributed by atoms with E-state index in [-0.39, 0.29) is 5.56 Å². The Labute approximate surface area is 155 Å². The Morgan fingerprint density at radius 3 is 2.80 bits per heavy atom. The van der Waals surface area contributed by atoms with E-state index in [2.05, 4.69) is 31.0 Å². The van der Waals surface area contributed by atoms with Crippen molar-refractivity contribution in [1.29, 1.82) is 0 Å². The highest BCUT2D eigenvalue weighted by atomic mass is 79.9. The van der Waals surface area contributed by atoms with E-state index in [0.29, 0.717) is 41.6 Å². The van der Waals surface area contributed by atoms with Gasteiger partial charge in [0.15, 0.2) is 5.65 Å². The number of aromatic amines is 1. The molecule has 3 heterocycles. The molecule has 2 aromatic heterocycles. The molecule has 25 heavy (non-hydrogen) atoms. The first-order valence-corrected chi connectivity index (χ1v) is 10.2. The Morgan fingerprint density at radius 2 is 2.08 bits per heavy atom. The van der Waals surface area contributed by atoms with Gasteiger partial charge in [0.1, 0.15) is 16.9 Å². The van der Waals surface area contributed by atoms with Crippen LogP contribution in [-0.2, 0) is 11.2 Å². The first kappa shape index (κ1) is 16.6. The predicted octanol–water partition coefficient (Wildman–Crippen LogP) is 1.75. The lowest BCUT2D eigenvalue weighted by molar-refractivity contribution is 0.584. The van der Waals surface area contributed by atoms with Gasteiger partial charge in [-0.1, -0.05) is 27.1 Å². The average Bonchev–Trinajstić information content (AvgIpc) is 3.00. The van der Waals surface area contributed by atoms with E-state index in [1.807, 2.05) is 30.0 Å². The van der Waals surface area contributed by atoms with Gasteiger partial charge in [-0.2, -0.15) is 4.98 Å². The zero-order chi connectivity index (χ0) is 17.6. The number of aromatic nitrogens is 4. The Balaban J connectivity index is 1.75. The van der Waals surface area contributed by atoms with Crippen molar-refractivity contribution in [3.63, 3.8) is 0 Å². The number of hydrogen-bond acceptors (Lipinski definition) is 5. The summed E-state index contributed by atoms with van der Waals surface area (Å²) in [5.74, 6) is 1.68. The maximum atomic E-state index is 12.4. The fourth-order valence-corrected chi connectivity index (χ4v) is 4.43. The number of nitrogens with one attached hydrogen (secondary N) is 1. The fraction of sp³-hybridized carbons (Fsp3) is 0.312. The van der Waals surface area contributed by atoms with Gasteiger partial charge in [0.25, 0.3) is 5.56 Å². The largest absolute Gasteiger partial charge is 0.616 e. The number of rotatable bonds is 2. The summed E-state index contributed by atoms with van der Waals surface area (Å²) in [6.45, 7) is 3.23. The summed E-state index contributed by atoms with van der Waals surface area (Å²) < 4.78 is 14.2. The molecule has 1 fully saturated rings. The first-order valence-electron chi connectivity index (χ1n) is 7.87. The van der Waals surface area contributed by atoms with Crippen LogP contribution in [0.2, 0.25) is 0 Å². The molecule has 0 bridgehead atoms. The topological polar surface area (TPSA) is 89.9 Å². The Hall–Kier alpha value is -1.84. The van der Waals surface area contributed by atoms with Crippen LogP contribution >= 0.6 is 15.9 Å². The molecular weight excluding hydrogens is 406 g/mol. The summed E-state index contributed by atoms with van der Waals surface area (Å²) in [6.07, 6.45) is 1.70. The molecule has 0 radical (unpaired) electrons. The van der Waals surface area contributed by atoms with Crippen LogP contribution in [0.3, 0.4) is 0 Å². The van der Waals surface area contributed by atoms with Crippen molar-refractivity contribution in [3.05, 3.63) is 44.8 Å². The summed E-state index contributed by atoms with van der Waals surface area (Å²) in [4.78, 5) is 21.7. The fourth-order valence-electron chi connectivity index (χ4n) is 2.90. The second-order valence-electron chi connectivity index (χ2n) is 5.97. The van der Waals surface area contributed by atoms with Gasteiger partial charge < -0.3 is 9.45 Å². The van der Waals surface area contributed by atoms with Crippen LogP contribution in [0.15, 0.2) is 33.7 Å². The van der Waals surface area contributed by atoms with Crippen LogP contribution < -0.4 is 10.5 Å². The predicted molar refractivity (Wildman–Crippen MR) is 102 cm³/mol. The highest BCUT2D eigenvalue weighted by Gasteiger charge is 2.22. The molecule has 0 spiro atoms. The molecule has 1 aliphatic rings. The van der Waals surface area contributed by atoms with E-state index < -0.39 is 11.2 Å². The molecule has 4 rings (SSSR count). The number of halogens is 1. The molecule has 3 aromatic rings. The Kier molecular flexibility index (Phi) is 4.30. The normalized spacial score (nSPS) is 15.9. The number of H-pyrrole nitrogens is 1. The number of aryl methyl sites for hydroxylation is 1. The minimum Gasteiger partial charge on any atom is -0.616 e. The number of nitrogens with zero attached hydrogens (tertiary/aromatic N) is 4. The third kappa shape index (κ3) is 3.19. The standard InChI is InChI=1S/C16H16BrN5O2S/c1-10-8-11(17)2-3-13(10)22-9-12-14(20-22)18-16(19-15(12)23)21-4-6-25(24)7-5-21/h2-3,8-9H,4-7H2,1H3,(H,18,19,20,23). The molecule has 0 atom stereocenters. The number of fused-ring (bicyclic) bond motifs is 1. The van der Waals surface area contributed by atoms with E-state index in [1.54, 1.807) is 10.9 Å². The molecule has 0 aliphatic carbocycles. The van der Waals surface area contributed by atoms with Crippen LogP contribution in [0.25, 0.3) is 16.7 Å². The van der Waals surface area contributed by atoms with E-state index in [4.69, 9.17) is 0 Å². The van der Waals surface area contributed by atoms with Crippen LogP contribution in [0.4, 0.5) is 5.95 Å². The molecule has 7 nitrogen and oxygen atoms in total. The lowest BCUT2D eigenvalue weighted by atomic mass is 10.2. The highest BCUT2D eigenvalue weighted by Crippen LogP contribution is 2.21. The smallest absolute Gasteiger partial charge is 0.263 e. The van der Waals surface area contributed by atoms with Gasteiger partial charge in [0, 0.05) is 10.7 Å². The zero-order valence-corrected chi connectivity index (χ0v) is 15.9. The quantitative estimate of drug-likeness (QED) is 0.636. The lowest BCUT2D eigenvalue weighted by Crippen LogP contribution is -2.41. The minimum atomic E-state index is -0.778. The third-order valence-electron chi connectivity index (χ3n) is 4.26. The zero-order valence-electron chi connectivity index (χ0n) is 13.5. The van der Waals surface area contributed by atoms with Crippen LogP contribution in [0.5, 0.6) is 0 Å². The van der Waals surface area contributed by atoms with E-state index in [0.717, 1.165) is 15.7 Å². The summed E-state index contributed by atoms with van der Waals surface area (Å²) in [6, 6.07) is 5.88. The number of benzene rings is 1. The number of hydrogen-bond donors (Lipinski definition) is 1. The summed E-state index contributed by atoms with van der Waals surface area (Å²) in [5, 5.41) is 4.94. The molecule has 1 saturated heterocycles. The van der Waals surface area contributed by atoms with Gasteiger partial charge in [0.2, 0.25) is 5.95 Å². The van der Waals surface area contributed by atoms with Gasteiger partial charge in [-0.05, 0) is 30.7 Å². The molecule has 1 aliphatic heterocycles. The minimum absolute atomic E-state index is 0.215. The third-order valence-corrected chi connectivity index (χ3v) is 6.03. The molecule has 0 unspecified atom stereocenters. The average molecular weight is 422 g/mol. The van der Waals surface area contributed by atoms with Crippen molar-refractivity contribution in [2.24, 2.45) is 0 Å². The Morgan fingerprint density at radius 1 is 1.32 bits per heavy atom. The van der Waals surface area contributed by atoms with E-state index >= 15 is 0 Å². The molecule has 9 heteroatoms.